The molecular weight excluding hydrogens is 240 g/mol. The number of nitrogens with two attached hydrogens (primary N) is 1. The Morgan fingerprint density at radius 2 is 2.00 bits per heavy atom. The molecule has 0 saturated heterocycles. The van der Waals surface area contributed by atoms with Gasteiger partial charge < -0.3 is 15.8 Å². The third kappa shape index (κ3) is 3.48. The molecule has 4 nitrogen and oxygen atoms in total. The number of carbonyl (C=O) groups excluding carboxylic acids is 1. The van der Waals surface area contributed by atoms with Crippen LogP contribution in [0, 0.1) is 0 Å². The monoisotopic (exact) mass is 256 g/mol. The molecule has 0 aliphatic heterocycles. The molecule has 0 unspecified atom stereocenters. The minimum atomic E-state index is -0.105. The average Bonchev–Trinajstić information content (AvgIpc) is 2.41. The molecule has 0 aliphatic carbocycles. The van der Waals surface area contributed by atoms with Gasteiger partial charge in [-0.2, -0.15) is 0 Å². The van der Waals surface area contributed by atoms with E-state index in [2.05, 4.69) is 5.32 Å². The Balaban J connectivity index is 2.03. The van der Waals surface area contributed by atoms with E-state index in [1.54, 1.807) is 19.2 Å². The fraction of sp³-hybridized carbons (Fsp3) is 0.133. The van der Waals surface area contributed by atoms with Crippen LogP contribution in [0.25, 0.3) is 0 Å². The molecule has 4 heteroatoms. The van der Waals surface area contributed by atoms with Gasteiger partial charge in [-0.15, -0.1) is 0 Å². The van der Waals surface area contributed by atoms with E-state index in [-0.39, 0.29) is 12.3 Å². The van der Waals surface area contributed by atoms with Crippen LogP contribution < -0.4 is 15.8 Å². The zero-order valence-electron chi connectivity index (χ0n) is 10.7. The van der Waals surface area contributed by atoms with Crippen molar-refractivity contribution in [3.05, 3.63) is 54.1 Å². The van der Waals surface area contributed by atoms with Gasteiger partial charge in [0.2, 0.25) is 5.91 Å². The molecule has 19 heavy (non-hydrogen) atoms. The third-order valence-electron chi connectivity index (χ3n) is 2.76. The van der Waals surface area contributed by atoms with Gasteiger partial charge in [0.15, 0.2) is 0 Å². The summed E-state index contributed by atoms with van der Waals surface area (Å²) in [5, 5.41) is 2.82. The van der Waals surface area contributed by atoms with Crippen molar-refractivity contribution >= 4 is 17.3 Å². The van der Waals surface area contributed by atoms with Crippen LogP contribution in [-0.2, 0) is 11.2 Å². The molecule has 2 aromatic carbocycles. The summed E-state index contributed by atoms with van der Waals surface area (Å²) in [6.45, 7) is 0. The molecule has 0 aromatic heterocycles. The lowest BCUT2D eigenvalue weighted by Crippen LogP contribution is -2.15. The number of hydrogen-bond donors (Lipinski definition) is 2. The van der Waals surface area contributed by atoms with Crippen LogP contribution in [0.4, 0.5) is 11.4 Å². The van der Waals surface area contributed by atoms with Crippen LogP contribution in [0.15, 0.2) is 48.5 Å². The van der Waals surface area contributed by atoms with E-state index in [4.69, 9.17) is 10.5 Å². The number of nitrogens with one attached hydrogen (secondary N) is 1. The van der Waals surface area contributed by atoms with Crippen molar-refractivity contribution in [3.8, 4) is 5.75 Å². The Kier molecular flexibility index (Phi) is 4.03. The van der Waals surface area contributed by atoms with Crippen molar-refractivity contribution in [2.45, 2.75) is 6.42 Å². The molecular formula is C15H16N2O2. The lowest BCUT2D eigenvalue weighted by Gasteiger charge is -2.08. The molecule has 0 spiro atoms. The second-order valence-corrected chi connectivity index (χ2v) is 4.16. The van der Waals surface area contributed by atoms with Crippen molar-refractivity contribution < 1.29 is 9.53 Å². The number of carbonyl (C=O) groups is 1. The van der Waals surface area contributed by atoms with E-state index in [9.17, 15) is 4.79 Å². The van der Waals surface area contributed by atoms with Gasteiger partial charge in [0, 0.05) is 17.4 Å². The number of para-hydroxylation sites is 1. The first-order valence-corrected chi connectivity index (χ1v) is 5.96. The molecule has 0 aliphatic rings. The lowest BCUT2D eigenvalue weighted by molar-refractivity contribution is -0.115. The molecule has 3 N–H and O–H groups in total. The summed E-state index contributed by atoms with van der Waals surface area (Å²) in [5.74, 6) is 0.600. The van der Waals surface area contributed by atoms with E-state index in [0.717, 1.165) is 5.56 Å². The van der Waals surface area contributed by atoms with E-state index in [0.29, 0.717) is 17.1 Å². The summed E-state index contributed by atoms with van der Waals surface area (Å²) in [6, 6.07) is 14.6. The van der Waals surface area contributed by atoms with Gasteiger partial charge in [0.1, 0.15) is 5.75 Å². The highest BCUT2D eigenvalue weighted by Crippen LogP contribution is 2.17. The first-order valence-electron chi connectivity index (χ1n) is 5.96. The van der Waals surface area contributed by atoms with Crippen molar-refractivity contribution in [1.82, 2.24) is 0 Å². The van der Waals surface area contributed by atoms with E-state index < -0.39 is 0 Å². The zero-order valence-corrected chi connectivity index (χ0v) is 10.7. The molecule has 0 radical (unpaired) electrons. The van der Waals surface area contributed by atoms with E-state index >= 15 is 0 Å². The Morgan fingerprint density at radius 1 is 1.21 bits per heavy atom. The van der Waals surface area contributed by atoms with Crippen LogP contribution in [0.5, 0.6) is 5.75 Å². The predicted octanol–water partition coefficient (Wildman–Crippen LogP) is 2.46. The van der Waals surface area contributed by atoms with E-state index in [1.807, 2.05) is 36.4 Å². The highest BCUT2D eigenvalue weighted by Gasteiger charge is 2.06. The smallest absolute Gasteiger partial charge is 0.228 e. The van der Waals surface area contributed by atoms with Gasteiger partial charge in [-0.05, 0) is 23.8 Å². The largest absolute Gasteiger partial charge is 0.497 e. The minimum absolute atomic E-state index is 0.105. The van der Waals surface area contributed by atoms with Gasteiger partial charge in [0.05, 0.1) is 13.5 Å². The normalized spacial score (nSPS) is 9.95. The summed E-state index contributed by atoms with van der Waals surface area (Å²) in [4.78, 5) is 11.9. The van der Waals surface area contributed by atoms with Crippen LogP contribution in [0.3, 0.4) is 0 Å². The third-order valence-corrected chi connectivity index (χ3v) is 2.76. The van der Waals surface area contributed by atoms with Gasteiger partial charge in [-0.3, -0.25) is 4.79 Å². The molecule has 0 saturated carbocycles. The molecule has 0 fully saturated rings. The maximum Gasteiger partial charge on any atom is 0.228 e. The zero-order chi connectivity index (χ0) is 13.7. The highest BCUT2D eigenvalue weighted by atomic mass is 16.5. The fourth-order valence-corrected chi connectivity index (χ4v) is 1.77. The van der Waals surface area contributed by atoms with Crippen molar-refractivity contribution in [2.75, 3.05) is 18.2 Å². The Labute approximate surface area is 112 Å². The molecule has 1 amide bonds. The maximum atomic E-state index is 11.9. The summed E-state index contributed by atoms with van der Waals surface area (Å²) < 4.78 is 5.10. The Hall–Kier alpha value is -2.49. The van der Waals surface area contributed by atoms with Gasteiger partial charge in [-0.1, -0.05) is 24.3 Å². The van der Waals surface area contributed by atoms with Gasteiger partial charge in [-0.25, -0.2) is 0 Å². The van der Waals surface area contributed by atoms with Crippen LogP contribution in [0.1, 0.15) is 5.56 Å². The van der Waals surface area contributed by atoms with Crippen LogP contribution in [-0.4, -0.2) is 13.0 Å². The molecule has 2 aromatic rings. The Bertz CT molecular complexity index is 582. The standard InChI is InChI=1S/C15H16N2O2/c1-19-13-7-4-6-12(10-13)17-15(18)9-11-5-2-3-8-14(11)16/h2-8,10H,9,16H2,1H3,(H,17,18). The summed E-state index contributed by atoms with van der Waals surface area (Å²) in [5.41, 5.74) is 7.97. The second-order valence-electron chi connectivity index (χ2n) is 4.16. The molecule has 98 valence electrons. The van der Waals surface area contributed by atoms with E-state index in [1.165, 1.54) is 0 Å². The number of ether oxygens (including phenoxy) is 1. The number of benzene rings is 2. The molecule has 0 atom stereocenters. The summed E-state index contributed by atoms with van der Waals surface area (Å²) in [7, 11) is 1.59. The number of anilines is 2. The predicted molar refractivity (Wildman–Crippen MR) is 76.2 cm³/mol. The molecule has 0 bridgehead atoms. The first-order chi connectivity index (χ1) is 9.19. The quantitative estimate of drug-likeness (QED) is 0.826. The second kappa shape index (κ2) is 5.91. The van der Waals surface area contributed by atoms with Crippen LogP contribution in [0.2, 0.25) is 0 Å². The molecule has 0 heterocycles. The Morgan fingerprint density at radius 3 is 2.74 bits per heavy atom. The maximum absolute atomic E-state index is 11.9. The molecule has 2 rings (SSSR count). The fourth-order valence-electron chi connectivity index (χ4n) is 1.77. The van der Waals surface area contributed by atoms with Crippen molar-refractivity contribution in [3.63, 3.8) is 0 Å². The number of methoxy groups -OCH3 is 1. The van der Waals surface area contributed by atoms with Crippen molar-refractivity contribution in [1.29, 1.82) is 0 Å². The number of nitrogen functional groups attached to an aromatic ring is 1. The lowest BCUT2D eigenvalue weighted by atomic mass is 10.1. The average molecular weight is 256 g/mol. The SMILES string of the molecule is COc1cccc(NC(=O)Cc2ccccc2N)c1. The van der Waals surface area contributed by atoms with Crippen molar-refractivity contribution in [2.24, 2.45) is 0 Å². The summed E-state index contributed by atoms with van der Waals surface area (Å²) in [6.07, 6.45) is 0.254. The van der Waals surface area contributed by atoms with Gasteiger partial charge in [0.25, 0.3) is 0 Å². The first kappa shape index (κ1) is 13.0. The minimum Gasteiger partial charge on any atom is -0.497 e. The van der Waals surface area contributed by atoms with Gasteiger partial charge >= 0.3 is 0 Å². The number of rotatable bonds is 4. The number of amides is 1. The topological polar surface area (TPSA) is 64.3 Å². The number of hydrogen-bond acceptors (Lipinski definition) is 3. The highest BCUT2D eigenvalue weighted by molar-refractivity contribution is 5.93. The summed E-state index contributed by atoms with van der Waals surface area (Å²) >= 11 is 0. The van der Waals surface area contributed by atoms with Crippen LogP contribution >= 0.6 is 0 Å².